The maximum atomic E-state index is 12.5. The van der Waals surface area contributed by atoms with Gasteiger partial charge in [0.2, 0.25) is 0 Å². The van der Waals surface area contributed by atoms with Crippen molar-refractivity contribution in [3.63, 3.8) is 0 Å². The van der Waals surface area contributed by atoms with E-state index in [1.807, 2.05) is 19.9 Å². The summed E-state index contributed by atoms with van der Waals surface area (Å²) in [5.74, 6) is -0.0125. The molecule has 2 aromatic carbocycles. The van der Waals surface area contributed by atoms with E-state index >= 15 is 0 Å². The van der Waals surface area contributed by atoms with Gasteiger partial charge < -0.3 is 10.1 Å². The Hall–Kier alpha value is -3.00. The average Bonchev–Trinajstić information content (AvgIpc) is 2.58. The molecule has 0 saturated heterocycles. The summed E-state index contributed by atoms with van der Waals surface area (Å²) < 4.78 is 5.27. The Morgan fingerprint density at radius 3 is 2.46 bits per heavy atom. The van der Waals surface area contributed by atoms with Crippen LogP contribution in [0.3, 0.4) is 0 Å². The molecular weight excluding hydrogens is 354 g/mol. The first-order valence-electron chi connectivity index (χ1n) is 7.76. The van der Waals surface area contributed by atoms with Crippen molar-refractivity contribution in [2.24, 2.45) is 0 Å². The normalized spacial score (nSPS) is 10.2. The molecule has 2 N–H and O–H groups in total. The largest absolute Gasteiger partial charge is 0.496 e. The van der Waals surface area contributed by atoms with Crippen molar-refractivity contribution in [1.82, 2.24) is 5.32 Å². The standard InChI is InChI=1S/C18H19N3O4S/c1-10-8-9-14(21(23)24)15(12(10)3)19-18(26)20-17(22)13-7-5-6-11(2)16(13)25-4/h5-9H,1-4H3,(H2,19,20,22,26). The quantitative estimate of drug-likeness (QED) is 0.483. The molecule has 0 aromatic heterocycles. The predicted molar refractivity (Wildman–Crippen MR) is 104 cm³/mol. The number of carbonyl (C=O) groups is 1. The highest BCUT2D eigenvalue weighted by atomic mass is 32.1. The van der Waals surface area contributed by atoms with Crippen LogP contribution in [-0.2, 0) is 0 Å². The van der Waals surface area contributed by atoms with E-state index in [0.29, 0.717) is 16.9 Å². The molecule has 0 aliphatic carbocycles. The van der Waals surface area contributed by atoms with Gasteiger partial charge in [0.1, 0.15) is 11.4 Å². The minimum Gasteiger partial charge on any atom is -0.496 e. The minimum absolute atomic E-state index is 0.0321. The van der Waals surface area contributed by atoms with E-state index in [-0.39, 0.29) is 16.5 Å². The zero-order chi connectivity index (χ0) is 19.4. The summed E-state index contributed by atoms with van der Waals surface area (Å²) in [5, 5.41) is 16.5. The summed E-state index contributed by atoms with van der Waals surface area (Å²) in [6.07, 6.45) is 0. The van der Waals surface area contributed by atoms with Crippen molar-refractivity contribution in [2.45, 2.75) is 20.8 Å². The maximum absolute atomic E-state index is 12.5. The van der Waals surface area contributed by atoms with Gasteiger partial charge in [-0.2, -0.15) is 0 Å². The fraction of sp³-hybridized carbons (Fsp3) is 0.222. The number of para-hydroxylation sites is 1. The summed E-state index contributed by atoms with van der Waals surface area (Å²) >= 11 is 5.17. The smallest absolute Gasteiger partial charge is 0.293 e. The third-order valence-corrected chi connectivity index (χ3v) is 4.24. The molecule has 0 fully saturated rings. The molecule has 0 heterocycles. The Morgan fingerprint density at radius 2 is 1.85 bits per heavy atom. The second-order valence-electron chi connectivity index (χ2n) is 5.72. The van der Waals surface area contributed by atoms with Gasteiger partial charge in [-0.05, 0) is 55.7 Å². The molecule has 8 heteroatoms. The molecule has 0 atom stereocenters. The summed E-state index contributed by atoms with van der Waals surface area (Å²) in [6, 6.07) is 8.24. The average molecular weight is 373 g/mol. The molecule has 0 aliphatic heterocycles. The number of anilines is 1. The van der Waals surface area contributed by atoms with Crippen LogP contribution < -0.4 is 15.4 Å². The van der Waals surface area contributed by atoms with Gasteiger partial charge in [-0.15, -0.1) is 0 Å². The summed E-state index contributed by atoms with van der Waals surface area (Å²) in [5.41, 5.74) is 2.84. The van der Waals surface area contributed by atoms with Crippen molar-refractivity contribution in [1.29, 1.82) is 0 Å². The molecule has 0 unspecified atom stereocenters. The lowest BCUT2D eigenvalue weighted by Gasteiger charge is -2.15. The highest BCUT2D eigenvalue weighted by Crippen LogP contribution is 2.30. The van der Waals surface area contributed by atoms with Crippen LogP contribution in [0.4, 0.5) is 11.4 Å². The number of hydrogen-bond acceptors (Lipinski definition) is 5. The molecule has 26 heavy (non-hydrogen) atoms. The number of thiocarbonyl (C=S) groups is 1. The lowest BCUT2D eigenvalue weighted by molar-refractivity contribution is -0.383. The summed E-state index contributed by atoms with van der Waals surface area (Å²) in [6.45, 7) is 5.41. The third kappa shape index (κ3) is 3.97. The number of carbonyl (C=O) groups excluding carboxylic acids is 1. The second kappa shape index (κ2) is 7.92. The van der Waals surface area contributed by atoms with Crippen LogP contribution >= 0.6 is 12.2 Å². The second-order valence-corrected chi connectivity index (χ2v) is 6.13. The number of ether oxygens (including phenoxy) is 1. The Morgan fingerprint density at radius 1 is 1.15 bits per heavy atom. The Balaban J connectivity index is 2.25. The molecule has 0 bridgehead atoms. The SMILES string of the molecule is COc1c(C)cccc1C(=O)NC(=S)Nc1c([N+](=O)[O-])ccc(C)c1C. The zero-order valence-corrected chi connectivity index (χ0v) is 15.7. The van der Waals surface area contributed by atoms with E-state index in [1.54, 1.807) is 25.1 Å². The lowest BCUT2D eigenvalue weighted by Crippen LogP contribution is -2.34. The first-order chi connectivity index (χ1) is 12.3. The number of amides is 1. The topological polar surface area (TPSA) is 93.5 Å². The van der Waals surface area contributed by atoms with Crippen molar-refractivity contribution in [3.05, 3.63) is 62.7 Å². The van der Waals surface area contributed by atoms with Gasteiger partial charge in [-0.25, -0.2) is 0 Å². The van der Waals surface area contributed by atoms with E-state index in [0.717, 1.165) is 11.1 Å². The molecule has 2 aromatic rings. The Labute approximate surface area is 156 Å². The van der Waals surface area contributed by atoms with Crippen molar-refractivity contribution in [2.75, 3.05) is 12.4 Å². The van der Waals surface area contributed by atoms with Crippen LogP contribution in [-0.4, -0.2) is 23.1 Å². The van der Waals surface area contributed by atoms with Gasteiger partial charge in [0.05, 0.1) is 17.6 Å². The molecule has 136 valence electrons. The molecule has 0 saturated carbocycles. The first-order valence-corrected chi connectivity index (χ1v) is 8.17. The fourth-order valence-electron chi connectivity index (χ4n) is 2.53. The molecule has 0 spiro atoms. The van der Waals surface area contributed by atoms with Gasteiger partial charge in [0.25, 0.3) is 11.6 Å². The third-order valence-electron chi connectivity index (χ3n) is 4.04. The van der Waals surface area contributed by atoms with Crippen LogP contribution in [0.15, 0.2) is 30.3 Å². The molecular formula is C18H19N3O4S. The van der Waals surface area contributed by atoms with Gasteiger partial charge in [-0.1, -0.05) is 18.2 Å². The number of nitrogens with zero attached hydrogens (tertiary/aromatic N) is 1. The van der Waals surface area contributed by atoms with Crippen LogP contribution in [0.5, 0.6) is 5.75 Å². The number of hydrogen-bond donors (Lipinski definition) is 2. The van der Waals surface area contributed by atoms with E-state index in [1.165, 1.54) is 13.2 Å². The zero-order valence-electron chi connectivity index (χ0n) is 14.9. The summed E-state index contributed by atoms with van der Waals surface area (Å²) in [7, 11) is 1.48. The highest BCUT2D eigenvalue weighted by Gasteiger charge is 2.20. The monoisotopic (exact) mass is 373 g/mol. The number of rotatable bonds is 4. The molecule has 0 radical (unpaired) electrons. The van der Waals surface area contributed by atoms with E-state index < -0.39 is 10.8 Å². The molecule has 2 rings (SSSR count). The molecule has 1 amide bonds. The molecule has 0 aliphatic rings. The Bertz CT molecular complexity index is 896. The first kappa shape index (κ1) is 19.3. The number of methoxy groups -OCH3 is 1. The Kier molecular flexibility index (Phi) is 5.89. The van der Waals surface area contributed by atoms with E-state index in [9.17, 15) is 14.9 Å². The van der Waals surface area contributed by atoms with E-state index in [2.05, 4.69) is 10.6 Å². The van der Waals surface area contributed by atoms with Gasteiger partial charge in [-0.3, -0.25) is 20.2 Å². The highest BCUT2D eigenvalue weighted by molar-refractivity contribution is 7.80. The van der Waals surface area contributed by atoms with Crippen LogP contribution in [0.1, 0.15) is 27.0 Å². The number of aryl methyl sites for hydroxylation is 2. The van der Waals surface area contributed by atoms with E-state index in [4.69, 9.17) is 17.0 Å². The van der Waals surface area contributed by atoms with Gasteiger partial charge >= 0.3 is 0 Å². The van der Waals surface area contributed by atoms with Gasteiger partial charge in [0.15, 0.2) is 5.11 Å². The fourth-order valence-corrected chi connectivity index (χ4v) is 2.72. The number of nitro groups is 1. The maximum Gasteiger partial charge on any atom is 0.293 e. The van der Waals surface area contributed by atoms with Crippen molar-refractivity contribution < 1.29 is 14.5 Å². The number of nitrogens with one attached hydrogen (secondary N) is 2. The number of nitro benzene ring substituents is 1. The molecule has 7 nitrogen and oxygen atoms in total. The summed E-state index contributed by atoms with van der Waals surface area (Å²) in [4.78, 5) is 23.2. The van der Waals surface area contributed by atoms with Crippen molar-refractivity contribution >= 4 is 34.6 Å². The van der Waals surface area contributed by atoms with Crippen LogP contribution in [0, 0.1) is 30.9 Å². The van der Waals surface area contributed by atoms with Crippen LogP contribution in [0.2, 0.25) is 0 Å². The minimum atomic E-state index is -0.497. The van der Waals surface area contributed by atoms with Crippen molar-refractivity contribution in [3.8, 4) is 5.75 Å². The predicted octanol–water partition coefficient (Wildman–Crippen LogP) is 3.66. The lowest BCUT2D eigenvalue weighted by atomic mass is 10.1. The van der Waals surface area contributed by atoms with Crippen LogP contribution in [0.25, 0.3) is 0 Å². The van der Waals surface area contributed by atoms with Gasteiger partial charge in [0, 0.05) is 6.07 Å². The number of benzene rings is 2.